The van der Waals surface area contributed by atoms with Crippen LogP contribution in [0.5, 0.6) is 0 Å². The van der Waals surface area contributed by atoms with Crippen molar-refractivity contribution in [2.24, 2.45) is 0 Å². The second-order valence-electron chi connectivity index (χ2n) is 3.79. The Bertz CT molecular complexity index is 510. The minimum atomic E-state index is -2.58. The molecule has 0 radical (unpaired) electrons. The predicted octanol–water partition coefficient (Wildman–Crippen LogP) is 4.25. The first-order valence-electron chi connectivity index (χ1n) is 5.29. The van der Waals surface area contributed by atoms with E-state index < -0.39 is 10.3 Å². The summed E-state index contributed by atoms with van der Waals surface area (Å²) < 4.78 is 11.0. The monoisotopic (exact) mass is 602 g/mol. The number of carbonyl (C=O) groups excluding carboxylic acids is 2. The molecule has 2 rings (SSSR count). The average molecular weight is 600 g/mol. The fourth-order valence-electron chi connectivity index (χ4n) is 1.45. The molecule has 0 aromatic carbocycles. The van der Waals surface area contributed by atoms with Gasteiger partial charge in [-0.3, -0.25) is 0 Å². The fourth-order valence-corrected chi connectivity index (χ4v) is 12.3. The number of Topliss-reactive ketones (excluding diaryl/α,β-unsaturated/α-hetero) is 2. The standard InChI is InChI=1S/C12H10I2O4Te/c13-19(14,7-9(15)11-3-1-5-17-11)8-10(16)12-4-2-6-18-12/h1-6H,7-8H2. The molecule has 0 atom stereocenters. The van der Waals surface area contributed by atoms with Gasteiger partial charge in [0, 0.05) is 0 Å². The van der Waals surface area contributed by atoms with Gasteiger partial charge in [0.2, 0.25) is 0 Å². The Morgan fingerprint density at radius 1 is 0.947 bits per heavy atom. The molecule has 0 saturated heterocycles. The van der Waals surface area contributed by atoms with Crippen LogP contribution in [0.25, 0.3) is 0 Å². The zero-order chi connectivity index (χ0) is 13.9. The van der Waals surface area contributed by atoms with E-state index in [4.69, 9.17) is 8.83 Å². The molecule has 0 aliphatic rings. The summed E-state index contributed by atoms with van der Waals surface area (Å²) in [6.07, 6.45) is 2.97. The van der Waals surface area contributed by atoms with E-state index in [1.807, 2.05) is 0 Å². The van der Waals surface area contributed by atoms with E-state index in [0.29, 0.717) is 20.5 Å². The van der Waals surface area contributed by atoms with Gasteiger partial charge in [-0.25, -0.2) is 0 Å². The van der Waals surface area contributed by atoms with Gasteiger partial charge >= 0.3 is 135 Å². The Morgan fingerprint density at radius 2 is 1.37 bits per heavy atom. The van der Waals surface area contributed by atoms with Crippen molar-refractivity contribution in [3.63, 3.8) is 0 Å². The zero-order valence-electron chi connectivity index (χ0n) is 9.68. The number of furan rings is 2. The summed E-state index contributed by atoms with van der Waals surface area (Å²) in [5.74, 6) is 0.688. The molecular weight excluding hydrogens is 590 g/mol. The summed E-state index contributed by atoms with van der Waals surface area (Å²) in [7, 11) is -2.58. The first-order chi connectivity index (χ1) is 8.98. The van der Waals surface area contributed by atoms with E-state index in [9.17, 15) is 9.59 Å². The molecule has 0 fully saturated rings. The van der Waals surface area contributed by atoms with Crippen molar-refractivity contribution in [3.8, 4) is 0 Å². The Balaban J connectivity index is 1.99. The summed E-state index contributed by atoms with van der Waals surface area (Å²) in [6, 6.07) is 6.69. The van der Waals surface area contributed by atoms with Crippen LogP contribution >= 0.6 is 37.4 Å². The van der Waals surface area contributed by atoms with Crippen LogP contribution in [0.15, 0.2) is 45.6 Å². The molecule has 102 valence electrons. The molecule has 2 aromatic rings. The van der Waals surface area contributed by atoms with Gasteiger partial charge in [0.25, 0.3) is 0 Å². The van der Waals surface area contributed by atoms with Crippen molar-refractivity contribution in [3.05, 3.63) is 48.3 Å². The summed E-state index contributed by atoms with van der Waals surface area (Å²) in [5.41, 5.74) is 0. The molecular formula is C12H10I2O4Te. The molecule has 0 aliphatic carbocycles. The van der Waals surface area contributed by atoms with Crippen molar-refractivity contribution < 1.29 is 18.4 Å². The molecule has 0 amide bonds. The molecule has 0 aliphatic heterocycles. The quantitative estimate of drug-likeness (QED) is 0.283. The van der Waals surface area contributed by atoms with Crippen molar-refractivity contribution in [2.75, 3.05) is 0 Å². The van der Waals surface area contributed by atoms with E-state index in [2.05, 4.69) is 37.4 Å². The van der Waals surface area contributed by atoms with Gasteiger partial charge in [-0.15, -0.1) is 0 Å². The number of ketones is 2. The van der Waals surface area contributed by atoms with Gasteiger partial charge in [0.1, 0.15) is 0 Å². The molecule has 19 heavy (non-hydrogen) atoms. The Morgan fingerprint density at radius 3 is 1.68 bits per heavy atom. The molecule has 2 heterocycles. The van der Waals surface area contributed by atoms with Crippen molar-refractivity contribution in [1.29, 1.82) is 0 Å². The van der Waals surface area contributed by atoms with Gasteiger partial charge in [-0.2, -0.15) is 0 Å². The van der Waals surface area contributed by atoms with Gasteiger partial charge in [0.15, 0.2) is 0 Å². The molecule has 0 unspecified atom stereocenters. The van der Waals surface area contributed by atoms with Crippen LogP contribution in [0.2, 0.25) is 8.94 Å². The number of carbonyl (C=O) groups is 2. The fraction of sp³-hybridized carbons (Fsp3) is 0.167. The molecule has 7 heteroatoms. The van der Waals surface area contributed by atoms with Crippen LogP contribution in [0.3, 0.4) is 0 Å². The molecule has 0 saturated carbocycles. The van der Waals surface area contributed by atoms with Crippen LogP contribution in [-0.4, -0.2) is 21.9 Å². The van der Waals surface area contributed by atoms with Gasteiger partial charge in [-0.1, -0.05) is 0 Å². The number of hydrogen-bond donors (Lipinski definition) is 0. The summed E-state index contributed by atoms with van der Waals surface area (Å²) in [5, 5.41) is 0. The van der Waals surface area contributed by atoms with E-state index in [1.54, 1.807) is 24.3 Å². The van der Waals surface area contributed by atoms with Gasteiger partial charge < -0.3 is 0 Å². The maximum atomic E-state index is 12.0. The van der Waals surface area contributed by atoms with Gasteiger partial charge in [-0.05, 0) is 0 Å². The van der Waals surface area contributed by atoms with Crippen LogP contribution in [0, 0.1) is 0 Å². The number of halogens is 2. The molecule has 0 bridgehead atoms. The summed E-state index contributed by atoms with van der Waals surface area (Å²) in [6.45, 7) is 0. The van der Waals surface area contributed by atoms with Crippen molar-refractivity contribution in [2.45, 2.75) is 8.94 Å². The van der Waals surface area contributed by atoms with Gasteiger partial charge in [0.05, 0.1) is 0 Å². The van der Waals surface area contributed by atoms with E-state index >= 15 is 0 Å². The second kappa shape index (κ2) is 6.74. The minimum absolute atomic E-state index is 0.0257. The van der Waals surface area contributed by atoms with Crippen LogP contribution in [0.1, 0.15) is 21.1 Å². The maximum absolute atomic E-state index is 12.0. The second-order valence-corrected chi connectivity index (χ2v) is 43.4. The van der Waals surface area contributed by atoms with Crippen molar-refractivity contribution >= 4 is 59.2 Å². The molecule has 0 spiro atoms. The third kappa shape index (κ3) is 4.58. The molecule has 0 N–H and O–H groups in total. The molecule has 4 nitrogen and oxygen atoms in total. The first-order valence-corrected chi connectivity index (χ1v) is 22.2. The number of hydrogen-bond acceptors (Lipinski definition) is 4. The van der Waals surface area contributed by atoms with Crippen LogP contribution in [-0.2, 0) is 0 Å². The third-order valence-corrected chi connectivity index (χ3v) is 14.5. The first kappa shape index (κ1) is 15.5. The van der Waals surface area contributed by atoms with E-state index in [-0.39, 0.29) is 11.6 Å². The summed E-state index contributed by atoms with van der Waals surface area (Å²) in [4.78, 5) is 24.0. The summed E-state index contributed by atoms with van der Waals surface area (Å²) >= 11 is 4.62. The SMILES string of the molecule is O=C(C[Te](I)(I)CC(=O)c1ccco1)c1ccco1. The Kier molecular flexibility index (Phi) is 5.51. The van der Waals surface area contributed by atoms with Crippen LogP contribution in [0.4, 0.5) is 0 Å². The number of rotatable bonds is 6. The third-order valence-electron chi connectivity index (χ3n) is 2.28. The topological polar surface area (TPSA) is 60.4 Å². The van der Waals surface area contributed by atoms with Crippen molar-refractivity contribution in [1.82, 2.24) is 0 Å². The van der Waals surface area contributed by atoms with E-state index in [1.165, 1.54) is 12.5 Å². The molecule has 2 aromatic heterocycles. The predicted molar refractivity (Wildman–Crippen MR) is 89.5 cm³/mol. The Hall–Kier alpha value is 0.150. The van der Waals surface area contributed by atoms with Crippen LogP contribution < -0.4 is 0 Å². The van der Waals surface area contributed by atoms with E-state index in [0.717, 1.165) is 0 Å². The zero-order valence-corrected chi connectivity index (χ0v) is 16.3. The average Bonchev–Trinajstić information content (AvgIpc) is 3.01. The Labute approximate surface area is 133 Å². The normalized spacial score (nSPS) is 12.3.